The highest BCUT2D eigenvalue weighted by Crippen LogP contribution is 2.21. The lowest BCUT2D eigenvalue weighted by molar-refractivity contribution is 0.414. The molecule has 1 N–H and O–H groups in total. The summed E-state index contributed by atoms with van der Waals surface area (Å²) in [5.41, 5.74) is 2.67. The maximum absolute atomic E-state index is 12.9. The Labute approximate surface area is 147 Å². The molecule has 0 spiro atoms. The van der Waals surface area contributed by atoms with Crippen LogP contribution in [0.3, 0.4) is 0 Å². The van der Waals surface area contributed by atoms with Crippen molar-refractivity contribution in [3.8, 4) is 11.4 Å². The average molecular weight is 348 g/mol. The van der Waals surface area contributed by atoms with Crippen molar-refractivity contribution in [3.05, 3.63) is 68.4 Å². The number of aromatic amines is 1. The first kappa shape index (κ1) is 16.0. The SMILES string of the molecule is COc1ccc(-n2c(=O)[nH]c3c(nnc4cc(C)c(C)cc43)c2=O)cc1. The Bertz CT molecular complexity index is 1270. The molecule has 0 radical (unpaired) electrons. The molecule has 2 aromatic heterocycles. The van der Waals surface area contributed by atoms with Gasteiger partial charge >= 0.3 is 5.69 Å². The molecule has 4 aromatic rings. The number of hydrogen-bond acceptors (Lipinski definition) is 5. The van der Waals surface area contributed by atoms with Gasteiger partial charge in [-0.2, -0.15) is 0 Å². The lowest BCUT2D eigenvalue weighted by Crippen LogP contribution is -2.34. The van der Waals surface area contributed by atoms with E-state index in [1.165, 1.54) is 0 Å². The Morgan fingerprint density at radius 1 is 1.00 bits per heavy atom. The number of benzene rings is 2. The van der Waals surface area contributed by atoms with E-state index in [-0.39, 0.29) is 5.52 Å². The Balaban J connectivity index is 2.06. The first-order chi connectivity index (χ1) is 12.5. The van der Waals surface area contributed by atoms with E-state index in [1.807, 2.05) is 26.0 Å². The summed E-state index contributed by atoms with van der Waals surface area (Å²) in [6.45, 7) is 3.95. The molecule has 26 heavy (non-hydrogen) atoms. The van der Waals surface area contributed by atoms with Crippen LogP contribution in [0.4, 0.5) is 0 Å². The first-order valence-electron chi connectivity index (χ1n) is 8.06. The Hall–Kier alpha value is -3.48. The zero-order valence-corrected chi connectivity index (χ0v) is 14.5. The molecule has 0 amide bonds. The highest BCUT2D eigenvalue weighted by atomic mass is 16.5. The molecule has 0 aliphatic heterocycles. The van der Waals surface area contributed by atoms with Gasteiger partial charge in [-0.1, -0.05) is 0 Å². The highest BCUT2D eigenvalue weighted by molar-refractivity contribution is 6.01. The number of aryl methyl sites for hydroxylation is 2. The maximum atomic E-state index is 12.9. The molecule has 0 unspecified atom stereocenters. The van der Waals surface area contributed by atoms with Crippen LogP contribution in [0.1, 0.15) is 11.1 Å². The van der Waals surface area contributed by atoms with Crippen molar-refractivity contribution in [1.82, 2.24) is 19.7 Å². The first-order valence-corrected chi connectivity index (χ1v) is 8.06. The summed E-state index contributed by atoms with van der Waals surface area (Å²) in [6.07, 6.45) is 0. The fourth-order valence-electron chi connectivity index (χ4n) is 2.97. The number of methoxy groups -OCH3 is 1. The van der Waals surface area contributed by atoms with Crippen LogP contribution in [0.5, 0.6) is 5.75 Å². The van der Waals surface area contributed by atoms with Crippen LogP contribution in [-0.2, 0) is 0 Å². The topological polar surface area (TPSA) is 89.9 Å². The number of fused-ring (bicyclic) bond motifs is 3. The minimum atomic E-state index is -0.528. The molecule has 2 aromatic carbocycles. The molecule has 7 nitrogen and oxygen atoms in total. The minimum Gasteiger partial charge on any atom is -0.497 e. The lowest BCUT2D eigenvalue weighted by atomic mass is 10.1. The zero-order valence-electron chi connectivity index (χ0n) is 14.5. The van der Waals surface area contributed by atoms with Crippen molar-refractivity contribution in [2.75, 3.05) is 7.11 Å². The normalized spacial score (nSPS) is 11.2. The smallest absolute Gasteiger partial charge is 0.333 e. The quantitative estimate of drug-likeness (QED) is 0.561. The lowest BCUT2D eigenvalue weighted by Gasteiger charge is -2.09. The Morgan fingerprint density at radius 2 is 1.69 bits per heavy atom. The molecule has 0 bridgehead atoms. The average Bonchev–Trinajstić information content (AvgIpc) is 2.63. The predicted molar refractivity (Wildman–Crippen MR) is 99.3 cm³/mol. The van der Waals surface area contributed by atoms with Gasteiger partial charge < -0.3 is 9.72 Å². The largest absolute Gasteiger partial charge is 0.497 e. The summed E-state index contributed by atoms with van der Waals surface area (Å²) in [5, 5.41) is 8.92. The van der Waals surface area contributed by atoms with Gasteiger partial charge in [0.1, 0.15) is 5.75 Å². The summed E-state index contributed by atoms with van der Waals surface area (Å²) in [4.78, 5) is 28.3. The molecule has 2 heterocycles. The Kier molecular flexibility index (Phi) is 3.57. The van der Waals surface area contributed by atoms with E-state index >= 15 is 0 Å². The van der Waals surface area contributed by atoms with Crippen LogP contribution in [0.2, 0.25) is 0 Å². The van der Waals surface area contributed by atoms with Crippen molar-refractivity contribution in [2.24, 2.45) is 0 Å². The highest BCUT2D eigenvalue weighted by Gasteiger charge is 2.14. The second kappa shape index (κ2) is 5.80. The second-order valence-corrected chi connectivity index (χ2v) is 6.15. The summed E-state index contributed by atoms with van der Waals surface area (Å²) < 4.78 is 6.15. The third-order valence-electron chi connectivity index (χ3n) is 4.55. The number of ether oxygens (including phenoxy) is 1. The standard InChI is InChI=1S/C19H16N4O3/c1-10-8-14-15(9-11(10)2)21-22-17-16(14)20-19(25)23(18(17)24)12-4-6-13(26-3)7-5-12/h4-9H,1-3H3,(H,20,25). The molecule has 0 saturated carbocycles. The van der Waals surface area contributed by atoms with Crippen LogP contribution in [0, 0.1) is 13.8 Å². The van der Waals surface area contributed by atoms with E-state index in [0.29, 0.717) is 27.9 Å². The summed E-state index contributed by atoms with van der Waals surface area (Å²) in [7, 11) is 1.55. The fraction of sp³-hybridized carbons (Fsp3) is 0.158. The van der Waals surface area contributed by atoms with E-state index in [9.17, 15) is 9.59 Å². The van der Waals surface area contributed by atoms with Crippen molar-refractivity contribution < 1.29 is 4.74 Å². The van der Waals surface area contributed by atoms with Crippen LogP contribution < -0.4 is 16.0 Å². The molecule has 0 saturated heterocycles. The van der Waals surface area contributed by atoms with Crippen LogP contribution >= 0.6 is 0 Å². The van der Waals surface area contributed by atoms with Crippen molar-refractivity contribution in [2.45, 2.75) is 13.8 Å². The van der Waals surface area contributed by atoms with Crippen LogP contribution in [-0.4, -0.2) is 26.9 Å². The molecule has 0 atom stereocenters. The van der Waals surface area contributed by atoms with Crippen molar-refractivity contribution in [1.29, 1.82) is 0 Å². The van der Waals surface area contributed by atoms with Crippen LogP contribution in [0.25, 0.3) is 27.6 Å². The number of nitrogens with zero attached hydrogens (tertiary/aromatic N) is 3. The molecule has 7 heteroatoms. The summed E-state index contributed by atoms with van der Waals surface area (Å²) in [6, 6.07) is 10.5. The van der Waals surface area contributed by atoms with Crippen molar-refractivity contribution in [3.63, 3.8) is 0 Å². The molecule has 0 aliphatic carbocycles. The third-order valence-corrected chi connectivity index (χ3v) is 4.55. The third kappa shape index (κ3) is 2.36. The van der Waals surface area contributed by atoms with Gasteiger partial charge in [0, 0.05) is 5.39 Å². The molecule has 130 valence electrons. The van der Waals surface area contributed by atoms with Crippen molar-refractivity contribution >= 4 is 21.9 Å². The Morgan fingerprint density at radius 3 is 2.38 bits per heavy atom. The molecular formula is C19H16N4O3. The van der Waals surface area contributed by atoms with E-state index in [0.717, 1.165) is 15.7 Å². The van der Waals surface area contributed by atoms with Gasteiger partial charge in [0.05, 0.1) is 23.8 Å². The predicted octanol–water partition coefficient (Wildman–Crippen LogP) is 2.25. The van der Waals surface area contributed by atoms with Gasteiger partial charge in [-0.25, -0.2) is 9.36 Å². The van der Waals surface area contributed by atoms with Gasteiger partial charge in [-0.3, -0.25) is 4.79 Å². The molecular weight excluding hydrogens is 332 g/mol. The molecule has 0 aliphatic rings. The van der Waals surface area contributed by atoms with Gasteiger partial charge in [-0.05, 0) is 61.4 Å². The number of hydrogen-bond donors (Lipinski definition) is 1. The summed E-state index contributed by atoms with van der Waals surface area (Å²) >= 11 is 0. The van der Waals surface area contributed by atoms with Gasteiger partial charge in [0.2, 0.25) is 0 Å². The number of aromatic nitrogens is 4. The number of nitrogens with one attached hydrogen (secondary N) is 1. The van der Waals surface area contributed by atoms with E-state index < -0.39 is 11.2 Å². The van der Waals surface area contributed by atoms with E-state index in [1.54, 1.807) is 31.4 Å². The number of rotatable bonds is 2. The molecule has 0 fully saturated rings. The van der Waals surface area contributed by atoms with E-state index in [4.69, 9.17) is 4.74 Å². The van der Waals surface area contributed by atoms with Gasteiger partial charge in [-0.15, -0.1) is 10.2 Å². The summed E-state index contributed by atoms with van der Waals surface area (Å²) in [5.74, 6) is 0.635. The van der Waals surface area contributed by atoms with Gasteiger partial charge in [0.15, 0.2) is 5.52 Å². The maximum Gasteiger partial charge on any atom is 0.333 e. The zero-order chi connectivity index (χ0) is 18.4. The molecule has 4 rings (SSSR count). The number of H-pyrrole nitrogens is 1. The fourth-order valence-corrected chi connectivity index (χ4v) is 2.97. The van der Waals surface area contributed by atoms with Crippen LogP contribution in [0.15, 0.2) is 46.0 Å². The second-order valence-electron chi connectivity index (χ2n) is 6.15. The minimum absolute atomic E-state index is 0.121. The van der Waals surface area contributed by atoms with E-state index in [2.05, 4.69) is 15.2 Å². The monoisotopic (exact) mass is 348 g/mol. The van der Waals surface area contributed by atoms with Gasteiger partial charge in [0.25, 0.3) is 5.56 Å².